The molecule has 2 rings (SSSR count). The van der Waals surface area contributed by atoms with Crippen LogP contribution in [0.1, 0.15) is 5.56 Å². The van der Waals surface area contributed by atoms with Gasteiger partial charge in [-0.3, -0.25) is 4.68 Å². The zero-order chi connectivity index (χ0) is 10.1. The Morgan fingerprint density at radius 3 is 2.71 bits per heavy atom. The molecule has 0 aliphatic carbocycles. The minimum absolute atomic E-state index is 0.177. The van der Waals surface area contributed by atoms with Crippen molar-refractivity contribution in [3.8, 4) is 11.3 Å². The van der Waals surface area contributed by atoms with Crippen molar-refractivity contribution in [1.82, 2.24) is 9.78 Å². The summed E-state index contributed by atoms with van der Waals surface area (Å²) in [5, 5.41) is 4.06. The molecule has 0 atom stereocenters. The Balaban J connectivity index is 2.63. The molecule has 14 heavy (non-hydrogen) atoms. The van der Waals surface area contributed by atoms with Crippen LogP contribution in [-0.4, -0.2) is 9.78 Å². The van der Waals surface area contributed by atoms with Crippen molar-refractivity contribution in [1.29, 1.82) is 0 Å². The zero-order valence-corrected chi connectivity index (χ0v) is 8.16. The fourth-order valence-corrected chi connectivity index (χ4v) is 1.52. The van der Waals surface area contributed by atoms with Gasteiger partial charge in [0.25, 0.3) is 0 Å². The maximum absolute atomic E-state index is 13.3. The molecule has 0 aliphatic heterocycles. The number of hydrogen-bond donors (Lipinski definition) is 0. The van der Waals surface area contributed by atoms with E-state index in [1.165, 1.54) is 6.07 Å². The zero-order valence-electron chi connectivity index (χ0n) is 8.16. The van der Waals surface area contributed by atoms with Crippen LogP contribution >= 0.6 is 0 Å². The van der Waals surface area contributed by atoms with E-state index in [4.69, 9.17) is 0 Å². The monoisotopic (exact) mass is 190 g/mol. The molecular formula is C11H11FN2. The van der Waals surface area contributed by atoms with Crippen LogP contribution in [0.2, 0.25) is 0 Å². The molecule has 2 aromatic rings. The van der Waals surface area contributed by atoms with Gasteiger partial charge in [-0.1, -0.05) is 12.1 Å². The van der Waals surface area contributed by atoms with E-state index in [1.807, 2.05) is 19.2 Å². The number of nitrogens with zero attached hydrogens (tertiary/aromatic N) is 2. The van der Waals surface area contributed by atoms with E-state index in [1.54, 1.807) is 23.9 Å². The number of rotatable bonds is 1. The van der Waals surface area contributed by atoms with Crippen LogP contribution in [0.3, 0.4) is 0 Å². The molecule has 0 aliphatic rings. The lowest BCUT2D eigenvalue weighted by Crippen LogP contribution is -1.96. The van der Waals surface area contributed by atoms with Gasteiger partial charge in [0.2, 0.25) is 0 Å². The van der Waals surface area contributed by atoms with Gasteiger partial charge in [0, 0.05) is 18.8 Å². The van der Waals surface area contributed by atoms with Gasteiger partial charge < -0.3 is 0 Å². The first-order chi connectivity index (χ1) is 6.70. The second-order valence-electron chi connectivity index (χ2n) is 3.25. The summed E-state index contributed by atoms with van der Waals surface area (Å²) >= 11 is 0. The lowest BCUT2D eigenvalue weighted by Gasteiger charge is -2.06. The number of benzene rings is 1. The molecule has 72 valence electrons. The Morgan fingerprint density at radius 2 is 2.07 bits per heavy atom. The molecule has 0 amide bonds. The van der Waals surface area contributed by atoms with Gasteiger partial charge in [-0.05, 0) is 24.6 Å². The molecular weight excluding hydrogens is 179 g/mol. The van der Waals surface area contributed by atoms with Crippen LogP contribution in [0.25, 0.3) is 11.3 Å². The Labute approximate surface area is 82.0 Å². The van der Waals surface area contributed by atoms with E-state index in [2.05, 4.69) is 5.10 Å². The molecule has 1 aromatic carbocycles. The standard InChI is InChI=1S/C11H11FN2/c1-8-9(4-3-5-10(8)12)11-6-7-13-14(11)2/h3-7H,1-2H3. The largest absolute Gasteiger partial charge is 0.268 e. The SMILES string of the molecule is Cc1c(F)cccc1-c1ccnn1C. The van der Waals surface area contributed by atoms with Gasteiger partial charge in [-0.15, -0.1) is 0 Å². The van der Waals surface area contributed by atoms with Crippen LogP contribution < -0.4 is 0 Å². The van der Waals surface area contributed by atoms with E-state index in [0.717, 1.165) is 11.3 Å². The molecule has 0 saturated heterocycles. The van der Waals surface area contributed by atoms with Crippen molar-refractivity contribution >= 4 is 0 Å². The first-order valence-corrected chi connectivity index (χ1v) is 4.43. The molecule has 1 aromatic heterocycles. The van der Waals surface area contributed by atoms with Crippen molar-refractivity contribution in [2.24, 2.45) is 7.05 Å². The molecule has 0 unspecified atom stereocenters. The molecule has 0 fully saturated rings. The van der Waals surface area contributed by atoms with Gasteiger partial charge in [-0.2, -0.15) is 5.10 Å². The van der Waals surface area contributed by atoms with Crippen molar-refractivity contribution < 1.29 is 4.39 Å². The number of aromatic nitrogens is 2. The summed E-state index contributed by atoms with van der Waals surface area (Å²) in [5.74, 6) is -0.177. The molecule has 3 heteroatoms. The summed E-state index contributed by atoms with van der Waals surface area (Å²) in [6, 6.07) is 6.96. The Morgan fingerprint density at radius 1 is 1.29 bits per heavy atom. The van der Waals surface area contributed by atoms with Crippen molar-refractivity contribution in [2.75, 3.05) is 0 Å². The van der Waals surface area contributed by atoms with Gasteiger partial charge in [0.15, 0.2) is 0 Å². The summed E-state index contributed by atoms with van der Waals surface area (Å²) < 4.78 is 15.0. The quantitative estimate of drug-likeness (QED) is 0.675. The van der Waals surface area contributed by atoms with Crippen LogP contribution in [0.15, 0.2) is 30.5 Å². The Bertz CT molecular complexity index is 460. The fraction of sp³-hybridized carbons (Fsp3) is 0.182. The molecule has 2 nitrogen and oxygen atoms in total. The van der Waals surface area contributed by atoms with Crippen molar-refractivity contribution in [2.45, 2.75) is 6.92 Å². The highest BCUT2D eigenvalue weighted by Crippen LogP contribution is 2.23. The molecule has 0 spiro atoms. The topological polar surface area (TPSA) is 17.8 Å². The lowest BCUT2D eigenvalue weighted by molar-refractivity contribution is 0.618. The second kappa shape index (κ2) is 3.25. The Kier molecular flexibility index (Phi) is 2.08. The van der Waals surface area contributed by atoms with Crippen LogP contribution in [0.4, 0.5) is 4.39 Å². The second-order valence-corrected chi connectivity index (χ2v) is 3.25. The maximum atomic E-state index is 13.3. The third kappa shape index (κ3) is 1.31. The van der Waals surface area contributed by atoms with Crippen LogP contribution in [0.5, 0.6) is 0 Å². The number of halogens is 1. The average molecular weight is 190 g/mol. The highest BCUT2D eigenvalue weighted by atomic mass is 19.1. The van der Waals surface area contributed by atoms with Crippen LogP contribution in [0, 0.1) is 12.7 Å². The van der Waals surface area contributed by atoms with Crippen molar-refractivity contribution in [3.05, 3.63) is 41.8 Å². The molecule has 1 heterocycles. The first kappa shape index (κ1) is 8.94. The molecule has 0 N–H and O–H groups in total. The smallest absolute Gasteiger partial charge is 0.126 e. The third-order valence-corrected chi connectivity index (χ3v) is 2.36. The minimum Gasteiger partial charge on any atom is -0.268 e. The van der Waals surface area contributed by atoms with E-state index < -0.39 is 0 Å². The normalized spacial score (nSPS) is 10.5. The van der Waals surface area contributed by atoms with E-state index in [-0.39, 0.29) is 5.82 Å². The number of hydrogen-bond acceptors (Lipinski definition) is 1. The van der Waals surface area contributed by atoms with Gasteiger partial charge in [-0.25, -0.2) is 4.39 Å². The summed E-state index contributed by atoms with van der Waals surface area (Å²) in [6.07, 6.45) is 1.71. The summed E-state index contributed by atoms with van der Waals surface area (Å²) in [4.78, 5) is 0. The fourth-order valence-electron chi connectivity index (χ4n) is 1.52. The van der Waals surface area contributed by atoms with Gasteiger partial charge in [0.05, 0.1) is 5.69 Å². The third-order valence-electron chi connectivity index (χ3n) is 2.36. The first-order valence-electron chi connectivity index (χ1n) is 4.43. The predicted molar refractivity (Wildman–Crippen MR) is 53.3 cm³/mol. The average Bonchev–Trinajstić information content (AvgIpc) is 2.57. The van der Waals surface area contributed by atoms with Gasteiger partial charge >= 0.3 is 0 Å². The highest BCUT2D eigenvalue weighted by Gasteiger charge is 2.08. The minimum atomic E-state index is -0.177. The van der Waals surface area contributed by atoms with Gasteiger partial charge in [0.1, 0.15) is 5.82 Å². The van der Waals surface area contributed by atoms with E-state index >= 15 is 0 Å². The van der Waals surface area contributed by atoms with Crippen LogP contribution in [-0.2, 0) is 7.05 Å². The highest BCUT2D eigenvalue weighted by molar-refractivity contribution is 5.63. The van der Waals surface area contributed by atoms with E-state index in [0.29, 0.717) is 5.56 Å². The summed E-state index contributed by atoms with van der Waals surface area (Å²) in [5.41, 5.74) is 2.49. The number of aryl methyl sites for hydroxylation is 1. The molecule has 0 saturated carbocycles. The van der Waals surface area contributed by atoms with Crippen molar-refractivity contribution in [3.63, 3.8) is 0 Å². The molecule has 0 radical (unpaired) electrons. The molecule has 0 bridgehead atoms. The Hall–Kier alpha value is -1.64. The lowest BCUT2D eigenvalue weighted by atomic mass is 10.1. The predicted octanol–water partition coefficient (Wildman–Crippen LogP) is 2.53. The maximum Gasteiger partial charge on any atom is 0.126 e. The summed E-state index contributed by atoms with van der Waals surface area (Å²) in [6.45, 7) is 1.78. The summed E-state index contributed by atoms with van der Waals surface area (Å²) in [7, 11) is 1.85. The van der Waals surface area contributed by atoms with E-state index in [9.17, 15) is 4.39 Å².